The van der Waals surface area contributed by atoms with E-state index in [0.29, 0.717) is 43.4 Å². The van der Waals surface area contributed by atoms with Gasteiger partial charge < -0.3 is 19.9 Å². The topological polar surface area (TPSA) is 87.7 Å². The molecule has 1 saturated heterocycles. The zero-order chi connectivity index (χ0) is 17.6. The second-order valence-corrected chi connectivity index (χ2v) is 5.55. The van der Waals surface area contributed by atoms with Gasteiger partial charge in [0.15, 0.2) is 0 Å². The van der Waals surface area contributed by atoms with Gasteiger partial charge in [-0.3, -0.25) is 9.59 Å². The molecule has 1 aromatic heterocycles. The van der Waals surface area contributed by atoms with Crippen LogP contribution in [0.2, 0.25) is 0 Å². The van der Waals surface area contributed by atoms with Crippen LogP contribution in [0.3, 0.4) is 0 Å². The summed E-state index contributed by atoms with van der Waals surface area (Å²) < 4.78 is 5.30. The predicted octanol–water partition coefficient (Wildman–Crippen LogP) is 1.14. The molecule has 1 fully saturated rings. The first-order valence-electron chi connectivity index (χ1n) is 7.92. The summed E-state index contributed by atoms with van der Waals surface area (Å²) in [5, 5.41) is 3.14. The SMILES string of the molecule is COc1ccccc1Nc1cc(C(=O)N2CCN(C=O)CC2)ncn1. The van der Waals surface area contributed by atoms with Crippen LogP contribution in [-0.2, 0) is 4.79 Å². The van der Waals surface area contributed by atoms with Crippen molar-refractivity contribution in [3.8, 4) is 5.75 Å². The minimum atomic E-state index is -0.170. The molecular weight excluding hydrogens is 322 g/mol. The van der Waals surface area contributed by atoms with Gasteiger partial charge >= 0.3 is 0 Å². The highest BCUT2D eigenvalue weighted by molar-refractivity contribution is 5.93. The van der Waals surface area contributed by atoms with Crippen molar-refractivity contribution in [3.63, 3.8) is 0 Å². The van der Waals surface area contributed by atoms with E-state index in [2.05, 4.69) is 15.3 Å². The Morgan fingerprint density at radius 2 is 1.96 bits per heavy atom. The van der Waals surface area contributed by atoms with Crippen LogP contribution < -0.4 is 10.1 Å². The molecule has 0 radical (unpaired) electrons. The summed E-state index contributed by atoms with van der Waals surface area (Å²) >= 11 is 0. The quantitative estimate of drug-likeness (QED) is 0.821. The summed E-state index contributed by atoms with van der Waals surface area (Å²) in [6, 6.07) is 9.06. The molecule has 1 aliphatic rings. The van der Waals surface area contributed by atoms with Crippen molar-refractivity contribution in [2.45, 2.75) is 0 Å². The Kier molecular flexibility index (Phi) is 5.08. The van der Waals surface area contributed by atoms with Crippen molar-refractivity contribution >= 4 is 23.8 Å². The Balaban J connectivity index is 1.73. The van der Waals surface area contributed by atoms with E-state index in [9.17, 15) is 9.59 Å². The molecule has 130 valence electrons. The zero-order valence-corrected chi connectivity index (χ0v) is 13.9. The molecule has 0 bridgehead atoms. The molecule has 1 aromatic carbocycles. The first-order valence-corrected chi connectivity index (χ1v) is 7.92. The number of methoxy groups -OCH3 is 1. The van der Waals surface area contributed by atoms with Gasteiger partial charge in [-0.15, -0.1) is 0 Å². The van der Waals surface area contributed by atoms with E-state index in [1.165, 1.54) is 6.33 Å². The molecule has 0 spiro atoms. The van der Waals surface area contributed by atoms with Crippen LogP contribution >= 0.6 is 0 Å². The average molecular weight is 341 g/mol. The van der Waals surface area contributed by atoms with Crippen LogP contribution in [0.5, 0.6) is 5.75 Å². The van der Waals surface area contributed by atoms with Crippen molar-refractivity contribution in [3.05, 3.63) is 42.4 Å². The Morgan fingerprint density at radius 1 is 1.20 bits per heavy atom. The maximum atomic E-state index is 12.6. The second kappa shape index (κ2) is 7.61. The highest BCUT2D eigenvalue weighted by atomic mass is 16.5. The lowest BCUT2D eigenvalue weighted by Gasteiger charge is -2.32. The Morgan fingerprint density at radius 3 is 2.68 bits per heavy atom. The number of hydrogen-bond donors (Lipinski definition) is 1. The van der Waals surface area contributed by atoms with E-state index >= 15 is 0 Å². The van der Waals surface area contributed by atoms with Gasteiger partial charge in [0.1, 0.15) is 23.6 Å². The molecule has 2 aromatic rings. The third kappa shape index (κ3) is 3.85. The van der Waals surface area contributed by atoms with Gasteiger partial charge in [-0.1, -0.05) is 12.1 Å². The number of nitrogens with one attached hydrogen (secondary N) is 1. The molecule has 25 heavy (non-hydrogen) atoms. The number of para-hydroxylation sites is 2. The van der Waals surface area contributed by atoms with E-state index < -0.39 is 0 Å². The highest BCUT2D eigenvalue weighted by Gasteiger charge is 2.22. The maximum absolute atomic E-state index is 12.6. The number of nitrogens with zero attached hydrogens (tertiary/aromatic N) is 4. The van der Waals surface area contributed by atoms with Gasteiger partial charge in [-0.05, 0) is 12.1 Å². The lowest BCUT2D eigenvalue weighted by Crippen LogP contribution is -2.48. The van der Waals surface area contributed by atoms with Crippen LogP contribution in [0.15, 0.2) is 36.7 Å². The molecule has 8 heteroatoms. The third-order valence-electron chi connectivity index (χ3n) is 4.01. The normalized spacial score (nSPS) is 14.1. The minimum absolute atomic E-state index is 0.170. The number of ether oxygens (including phenoxy) is 1. The standard InChI is InChI=1S/C17H19N5O3/c1-25-15-5-3-2-4-13(15)20-16-10-14(18-11-19-16)17(24)22-8-6-21(12-23)7-9-22/h2-5,10-12H,6-9H2,1H3,(H,18,19,20). The highest BCUT2D eigenvalue weighted by Crippen LogP contribution is 2.26. The number of anilines is 2. The van der Waals surface area contributed by atoms with E-state index in [1.807, 2.05) is 24.3 Å². The monoisotopic (exact) mass is 341 g/mol. The fourth-order valence-corrected chi connectivity index (χ4v) is 2.62. The van der Waals surface area contributed by atoms with Gasteiger partial charge in [0, 0.05) is 32.2 Å². The molecule has 2 amide bonds. The number of amides is 2. The van der Waals surface area contributed by atoms with Crippen LogP contribution in [0, 0.1) is 0 Å². The second-order valence-electron chi connectivity index (χ2n) is 5.55. The first-order chi connectivity index (χ1) is 12.2. The average Bonchev–Trinajstić information content (AvgIpc) is 2.68. The van der Waals surface area contributed by atoms with E-state index in [4.69, 9.17) is 4.74 Å². The van der Waals surface area contributed by atoms with Crippen LogP contribution in [0.4, 0.5) is 11.5 Å². The molecule has 0 saturated carbocycles. The molecule has 2 heterocycles. The maximum Gasteiger partial charge on any atom is 0.272 e. The molecule has 0 atom stereocenters. The van der Waals surface area contributed by atoms with Crippen LogP contribution in [0.25, 0.3) is 0 Å². The number of rotatable bonds is 5. The fraction of sp³-hybridized carbons (Fsp3) is 0.294. The number of piperazine rings is 1. The van der Waals surface area contributed by atoms with Gasteiger partial charge in [0.2, 0.25) is 6.41 Å². The van der Waals surface area contributed by atoms with E-state index in [1.54, 1.807) is 23.0 Å². The van der Waals surface area contributed by atoms with Gasteiger partial charge in [0.25, 0.3) is 5.91 Å². The smallest absolute Gasteiger partial charge is 0.272 e. The van der Waals surface area contributed by atoms with Crippen molar-refractivity contribution in [2.75, 3.05) is 38.6 Å². The molecule has 0 unspecified atom stereocenters. The number of hydrogen-bond acceptors (Lipinski definition) is 6. The Labute approximate surface area is 145 Å². The number of benzene rings is 1. The van der Waals surface area contributed by atoms with E-state index in [-0.39, 0.29) is 5.91 Å². The molecule has 8 nitrogen and oxygen atoms in total. The summed E-state index contributed by atoms with van der Waals surface area (Å²) in [7, 11) is 1.59. The van der Waals surface area contributed by atoms with Crippen molar-refractivity contribution in [1.29, 1.82) is 0 Å². The molecule has 3 rings (SSSR count). The molecule has 1 N–H and O–H groups in total. The summed E-state index contributed by atoms with van der Waals surface area (Å²) in [5.74, 6) is 1.02. The first kappa shape index (κ1) is 16.7. The number of carbonyl (C=O) groups is 2. The van der Waals surface area contributed by atoms with E-state index in [0.717, 1.165) is 12.1 Å². The minimum Gasteiger partial charge on any atom is -0.495 e. The third-order valence-corrected chi connectivity index (χ3v) is 4.01. The van der Waals surface area contributed by atoms with Gasteiger partial charge in [-0.25, -0.2) is 9.97 Å². The summed E-state index contributed by atoms with van der Waals surface area (Å²) in [6.07, 6.45) is 2.16. The van der Waals surface area contributed by atoms with Gasteiger partial charge in [0.05, 0.1) is 12.8 Å². The lowest BCUT2D eigenvalue weighted by atomic mass is 10.2. The van der Waals surface area contributed by atoms with Crippen molar-refractivity contribution in [2.24, 2.45) is 0 Å². The predicted molar refractivity (Wildman–Crippen MR) is 91.8 cm³/mol. The van der Waals surface area contributed by atoms with Crippen molar-refractivity contribution < 1.29 is 14.3 Å². The largest absolute Gasteiger partial charge is 0.495 e. The zero-order valence-electron chi connectivity index (χ0n) is 13.9. The van der Waals surface area contributed by atoms with Crippen LogP contribution in [-0.4, -0.2) is 65.4 Å². The Hall–Kier alpha value is -3.16. The number of aromatic nitrogens is 2. The van der Waals surface area contributed by atoms with Crippen LogP contribution in [0.1, 0.15) is 10.5 Å². The summed E-state index contributed by atoms with van der Waals surface area (Å²) in [4.78, 5) is 34.9. The molecular formula is C17H19N5O3. The van der Waals surface area contributed by atoms with Crippen molar-refractivity contribution in [1.82, 2.24) is 19.8 Å². The summed E-state index contributed by atoms with van der Waals surface area (Å²) in [5.41, 5.74) is 1.06. The number of carbonyl (C=O) groups excluding carboxylic acids is 2. The molecule has 0 aliphatic carbocycles. The lowest BCUT2D eigenvalue weighted by molar-refractivity contribution is -0.119. The van der Waals surface area contributed by atoms with Gasteiger partial charge in [-0.2, -0.15) is 0 Å². The Bertz CT molecular complexity index is 759. The summed E-state index contributed by atoms with van der Waals surface area (Å²) in [6.45, 7) is 2.06. The molecule has 1 aliphatic heterocycles. The fourth-order valence-electron chi connectivity index (χ4n) is 2.62.